The lowest BCUT2D eigenvalue weighted by Gasteiger charge is -2.35. The quantitative estimate of drug-likeness (QED) is 0.801. The molecule has 0 bridgehead atoms. The Kier molecular flexibility index (Phi) is 5.61. The highest BCUT2D eigenvalue weighted by Crippen LogP contribution is 2.23. The fourth-order valence-electron chi connectivity index (χ4n) is 3.26. The van der Waals surface area contributed by atoms with E-state index >= 15 is 0 Å². The third-order valence-electron chi connectivity index (χ3n) is 4.89. The molecule has 26 heavy (non-hydrogen) atoms. The Labute approximate surface area is 156 Å². The molecule has 1 saturated heterocycles. The molecule has 3 rings (SSSR count). The van der Waals surface area contributed by atoms with E-state index in [2.05, 4.69) is 24.8 Å². The first-order valence-corrected chi connectivity index (χ1v) is 10.3. The van der Waals surface area contributed by atoms with Gasteiger partial charge in [-0.15, -0.1) is 0 Å². The highest BCUT2D eigenvalue weighted by atomic mass is 32.2. The van der Waals surface area contributed by atoms with Gasteiger partial charge in [0.1, 0.15) is 0 Å². The second kappa shape index (κ2) is 7.74. The smallest absolute Gasteiger partial charge is 0.195 e. The Balaban J connectivity index is 1.78. The lowest BCUT2D eigenvalue weighted by Crippen LogP contribution is -2.48. The molecule has 1 fully saturated rings. The summed E-state index contributed by atoms with van der Waals surface area (Å²) in [6.07, 6.45) is 2.63. The van der Waals surface area contributed by atoms with E-state index in [1.54, 1.807) is 14.7 Å². The molecule has 4 nitrogen and oxygen atoms in total. The van der Waals surface area contributed by atoms with E-state index in [1.807, 2.05) is 38.1 Å². The van der Waals surface area contributed by atoms with E-state index in [0.29, 0.717) is 26.2 Å². The van der Waals surface area contributed by atoms with Crippen LogP contribution >= 0.6 is 0 Å². The van der Waals surface area contributed by atoms with Crippen LogP contribution in [0.25, 0.3) is 6.08 Å². The van der Waals surface area contributed by atoms with Crippen molar-refractivity contribution in [1.82, 2.24) is 8.61 Å². The average molecular weight is 371 g/mol. The summed E-state index contributed by atoms with van der Waals surface area (Å²) in [5.74, 6) is 0. The molecule has 0 unspecified atom stereocenters. The number of hydrogen-bond donors (Lipinski definition) is 0. The van der Waals surface area contributed by atoms with E-state index in [-0.39, 0.29) is 0 Å². The van der Waals surface area contributed by atoms with Crippen LogP contribution in [0.15, 0.2) is 49.0 Å². The monoisotopic (exact) mass is 370 g/mol. The molecule has 5 heteroatoms. The van der Waals surface area contributed by atoms with Gasteiger partial charge in [-0.1, -0.05) is 60.7 Å². The van der Waals surface area contributed by atoms with E-state index in [4.69, 9.17) is 0 Å². The summed E-state index contributed by atoms with van der Waals surface area (Å²) in [5.41, 5.74) is 5.38. The second-order valence-electron chi connectivity index (χ2n) is 6.90. The van der Waals surface area contributed by atoms with Crippen LogP contribution < -0.4 is 0 Å². The molecule has 0 amide bonds. The molecule has 0 aliphatic carbocycles. The van der Waals surface area contributed by atoms with E-state index in [0.717, 1.165) is 34.2 Å². The van der Waals surface area contributed by atoms with Crippen molar-refractivity contribution in [2.24, 2.45) is 0 Å². The van der Waals surface area contributed by atoms with Gasteiger partial charge in [-0.25, -0.2) is 0 Å². The van der Waals surface area contributed by atoms with Crippen molar-refractivity contribution < 1.29 is 8.42 Å². The standard InChI is InChI=1S/C21H26N2O2S/c1-4-19-8-10-20(11-9-19)15-22-12-5-13-23(26(22,24)25)16-21-14-17(2)6-7-18(21)3/h4,6-11,14H,1,5,12-13,15-16H2,2-3H3. The number of benzene rings is 2. The molecule has 0 radical (unpaired) electrons. The zero-order valence-corrected chi connectivity index (χ0v) is 16.3. The lowest BCUT2D eigenvalue weighted by atomic mass is 10.1. The first kappa shape index (κ1) is 18.8. The summed E-state index contributed by atoms with van der Waals surface area (Å²) in [5, 5.41) is 0. The van der Waals surface area contributed by atoms with Crippen LogP contribution in [-0.2, 0) is 23.3 Å². The maximum atomic E-state index is 13.1. The van der Waals surface area contributed by atoms with Crippen LogP contribution in [-0.4, -0.2) is 30.1 Å². The van der Waals surface area contributed by atoms with Gasteiger partial charge < -0.3 is 0 Å². The topological polar surface area (TPSA) is 40.6 Å². The second-order valence-corrected chi connectivity index (χ2v) is 8.83. The van der Waals surface area contributed by atoms with E-state index in [1.165, 1.54) is 0 Å². The van der Waals surface area contributed by atoms with Crippen LogP contribution in [0.3, 0.4) is 0 Å². The number of nitrogens with zero attached hydrogens (tertiary/aromatic N) is 2. The normalized spacial score (nSPS) is 17.9. The van der Waals surface area contributed by atoms with Crippen molar-refractivity contribution >= 4 is 16.3 Å². The fourth-order valence-corrected chi connectivity index (χ4v) is 4.92. The maximum Gasteiger partial charge on any atom is 0.282 e. The number of aryl methyl sites for hydroxylation is 2. The summed E-state index contributed by atoms with van der Waals surface area (Å²) in [6.45, 7) is 9.79. The van der Waals surface area contributed by atoms with Crippen LogP contribution in [0.4, 0.5) is 0 Å². The molecule has 0 N–H and O–H groups in total. The number of hydrogen-bond acceptors (Lipinski definition) is 2. The van der Waals surface area contributed by atoms with Crippen LogP contribution in [0.2, 0.25) is 0 Å². The van der Waals surface area contributed by atoms with Crippen LogP contribution in [0.5, 0.6) is 0 Å². The van der Waals surface area contributed by atoms with Crippen molar-refractivity contribution in [2.75, 3.05) is 13.1 Å². The molecule has 0 atom stereocenters. The van der Waals surface area contributed by atoms with Crippen molar-refractivity contribution in [3.05, 3.63) is 76.9 Å². The van der Waals surface area contributed by atoms with Crippen molar-refractivity contribution in [2.45, 2.75) is 33.4 Å². The molecule has 1 aliphatic rings. The highest BCUT2D eigenvalue weighted by Gasteiger charge is 2.33. The number of rotatable bonds is 5. The zero-order chi connectivity index (χ0) is 18.7. The maximum absolute atomic E-state index is 13.1. The molecule has 1 heterocycles. The largest absolute Gasteiger partial charge is 0.282 e. The summed E-state index contributed by atoms with van der Waals surface area (Å²) in [4.78, 5) is 0. The van der Waals surface area contributed by atoms with Crippen LogP contribution in [0.1, 0.15) is 34.2 Å². The predicted molar refractivity (Wildman–Crippen MR) is 107 cm³/mol. The molecule has 138 valence electrons. The third-order valence-corrected chi connectivity index (χ3v) is 6.82. The van der Waals surface area contributed by atoms with Crippen molar-refractivity contribution in [3.8, 4) is 0 Å². The van der Waals surface area contributed by atoms with Crippen molar-refractivity contribution in [3.63, 3.8) is 0 Å². The van der Waals surface area contributed by atoms with Gasteiger partial charge in [-0.05, 0) is 42.5 Å². The Bertz CT molecular complexity index is 889. The molecule has 2 aromatic carbocycles. The predicted octanol–water partition coefficient (Wildman–Crippen LogP) is 3.90. The van der Waals surface area contributed by atoms with Gasteiger partial charge in [0.15, 0.2) is 0 Å². The molecular weight excluding hydrogens is 344 g/mol. The van der Waals surface area contributed by atoms with E-state index < -0.39 is 10.2 Å². The molecular formula is C21H26N2O2S. The molecule has 0 saturated carbocycles. The summed E-state index contributed by atoms with van der Waals surface area (Å²) in [7, 11) is -3.46. The Morgan fingerprint density at radius 3 is 2.31 bits per heavy atom. The van der Waals surface area contributed by atoms with Gasteiger partial charge in [0.25, 0.3) is 10.2 Å². The minimum atomic E-state index is -3.46. The van der Waals surface area contributed by atoms with Gasteiger partial charge in [-0.2, -0.15) is 17.0 Å². The minimum Gasteiger partial charge on any atom is -0.195 e. The molecule has 2 aromatic rings. The Hall–Kier alpha value is -1.95. The third kappa shape index (κ3) is 4.06. The average Bonchev–Trinajstić information content (AvgIpc) is 2.62. The molecule has 1 aliphatic heterocycles. The van der Waals surface area contributed by atoms with Gasteiger partial charge in [0.2, 0.25) is 0 Å². The van der Waals surface area contributed by atoms with Crippen molar-refractivity contribution in [1.29, 1.82) is 0 Å². The van der Waals surface area contributed by atoms with Gasteiger partial charge >= 0.3 is 0 Å². The molecule has 0 aromatic heterocycles. The van der Waals surface area contributed by atoms with Gasteiger partial charge in [0.05, 0.1) is 0 Å². The minimum absolute atomic E-state index is 0.406. The van der Waals surface area contributed by atoms with Gasteiger partial charge in [-0.3, -0.25) is 0 Å². The van der Waals surface area contributed by atoms with Gasteiger partial charge in [0, 0.05) is 26.2 Å². The lowest BCUT2D eigenvalue weighted by molar-refractivity contribution is 0.275. The SMILES string of the molecule is C=Cc1ccc(CN2CCCN(Cc3cc(C)ccc3C)S2(=O)=O)cc1. The zero-order valence-electron chi connectivity index (χ0n) is 15.5. The van der Waals surface area contributed by atoms with Crippen LogP contribution in [0, 0.1) is 13.8 Å². The Morgan fingerprint density at radius 2 is 1.65 bits per heavy atom. The first-order chi connectivity index (χ1) is 12.4. The summed E-state index contributed by atoms with van der Waals surface area (Å²) in [6, 6.07) is 14.1. The summed E-state index contributed by atoms with van der Waals surface area (Å²) >= 11 is 0. The fraction of sp³-hybridized carbons (Fsp3) is 0.333. The highest BCUT2D eigenvalue weighted by molar-refractivity contribution is 7.86. The first-order valence-electron chi connectivity index (χ1n) is 8.93. The molecule has 0 spiro atoms. The summed E-state index contributed by atoms with van der Waals surface area (Å²) < 4.78 is 29.3. The Morgan fingerprint density at radius 1 is 1.00 bits per heavy atom. The van der Waals surface area contributed by atoms with E-state index in [9.17, 15) is 8.42 Å².